The third-order valence-corrected chi connectivity index (χ3v) is 8.96. The minimum absolute atomic E-state index is 0.211. The van der Waals surface area contributed by atoms with Crippen LogP contribution in [0.3, 0.4) is 0 Å². The molecule has 0 spiro atoms. The maximum Gasteiger partial charge on any atom is 0.336 e. The first-order valence-corrected chi connectivity index (χ1v) is 14.7. The molecule has 2 N–H and O–H groups in total. The Hall–Kier alpha value is -4.32. The largest absolute Gasteiger partial charge is 0.478 e. The van der Waals surface area contributed by atoms with Crippen molar-refractivity contribution in [2.45, 2.75) is 6.54 Å². The molecular weight excluding hydrogens is 510 g/mol. The molecule has 1 fully saturated rings. The molecule has 7 nitrogen and oxygen atoms in total. The second-order valence-electron chi connectivity index (χ2n) is 9.84. The number of benzene rings is 3. The summed E-state index contributed by atoms with van der Waals surface area (Å²) in [6.07, 6.45) is 3.91. The number of carbonyl (C=O) groups is 1. The zero-order valence-corrected chi connectivity index (χ0v) is 22.0. The lowest BCUT2D eigenvalue weighted by molar-refractivity contribution is 0.0697. The van der Waals surface area contributed by atoms with Crippen molar-refractivity contribution >= 4 is 37.6 Å². The van der Waals surface area contributed by atoms with Crippen molar-refractivity contribution in [3.05, 3.63) is 95.8 Å². The lowest BCUT2D eigenvalue weighted by Gasteiger charge is -2.26. The third kappa shape index (κ3) is 5.19. The van der Waals surface area contributed by atoms with Gasteiger partial charge in [0.1, 0.15) is 0 Å². The van der Waals surface area contributed by atoms with E-state index in [1.54, 1.807) is 12.1 Å². The average molecular weight is 538 g/mol. The SMILES string of the molecule is O=C(O)c1cccc(C#Cc2ccc3ccn(CCN4CCS(=O)(=O)CC4)c3c2)c1-c1ccc2cc[nH]c2c1. The second-order valence-corrected chi connectivity index (χ2v) is 12.1. The average Bonchev–Trinajstić information content (AvgIpc) is 3.57. The number of carboxylic acid groups (broad SMARTS) is 1. The fraction of sp³-hybridized carbons (Fsp3) is 0.194. The Morgan fingerprint density at radius 2 is 1.74 bits per heavy atom. The van der Waals surface area contributed by atoms with E-state index in [4.69, 9.17) is 0 Å². The maximum absolute atomic E-state index is 12.1. The first-order chi connectivity index (χ1) is 18.9. The number of aromatic nitrogens is 2. The number of carboxylic acids is 1. The summed E-state index contributed by atoms with van der Waals surface area (Å²) < 4.78 is 25.6. The molecule has 8 heteroatoms. The predicted molar refractivity (Wildman–Crippen MR) is 154 cm³/mol. The summed E-state index contributed by atoms with van der Waals surface area (Å²) in [5.74, 6) is 5.94. The Morgan fingerprint density at radius 1 is 0.923 bits per heavy atom. The quantitative estimate of drug-likeness (QED) is 0.319. The fourth-order valence-electron chi connectivity index (χ4n) is 5.17. The van der Waals surface area contributed by atoms with Crippen molar-refractivity contribution in [2.24, 2.45) is 0 Å². The normalized spacial score (nSPS) is 15.3. The summed E-state index contributed by atoms with van der Waals surface area (Å²) in [4.78, 5) is 17.5. The van der Waals surface area contributed by atoms with Crippen LogP contribution < -0.4 is 0 Å². The first kappa shape index (κ1) is 25.0. The van der Waals surface area contributed by atoms with E-state index in [1.165, 1.54) is 0 Å². The third-order valence-electron chi connectivity index (χ3n) is 7.35. The van der Waals surface area contributed by atoms with Gasteiger partial charge in [0.15, 0.2) is 9.84 Å². The molecule has 0 saturated carbocycles. The predicted octanol–water partition coefficient (Wildman–Crippen LogP) is 4.62. The Bertz CT molecular complexity index is 1880. The molecule has 0 aliphatic carbocycles. The molecule has 2 aromatic heterocycles. The summed E-state index contributed by atoms with van der Waals surface area (Å²) in [6, 6.07) is 21.2. The number of nitrogens with one attached hydrogen (secondary N) is 1. The van der Waals surface area contributed by atoms with Gasteiger partial charge in [-0.15, -0.1) is 0 Å². The van der Waals surface area contributed by atoms with Gasteiger partial charge in [0, 0.05) is 66.3 Å². The van der Waals surface area contributed by atoms with Crippen LogP contribution in [0, 0.1) is 11.8 Å². The van der Waals surface area contributed by atoms with E-state index in [0.29, 0.717) is 24.2 Å². The second kappa shape index (κ2) is 10.1. The summed E-state index contributed by atoms with van der Waals surface area (Å²) in [5, 5.41) is 12.1. The monoisotopic (exact) mass is 537 g/mol. The Labute approximate surface area is 226 Å². The van der Waals surface area contributed by atoms with E-state index in [9.17, 15) is 18.3 Å². The van der Waals surface area contributed by atoms with E-state index < -0.39 is 15.8 Å². The highest BCUT2D eigenvalue weighted by Crippen LogP contribution is 2.30. The number of aromatic amines is 1. The number of nitrogens with zero attached hydrogens (tertiary/aromatic N) is 2. The van der Waals surface area contributed by atoms with Crippen LogP contribution in [0.4, 0.5) is 0 Å². The molecule has 1 aliphatic rings. The van der Waals surface area contributed by atoms with E-state index in [2.05, 4.69) is 38.4 Å². The van der Waals surface area contributed by atoms with Gasteiger partial charge < -0.3 is 14.7 Å². The van der Waals surface area contributed by atoms with Crippen LogP contribution in [0.15, 0.2) is 79.1 Å². The van der Waals surface area contributed by atoms with Crippen molar-refractivity contribution in [1.82, 2.24) is 14.5 Å². The molecule has 0 atom stereocenters. The molecule has 1 aliphatic heterocycles. The maximum atomic E-state index is 12.1. The van der Waals surface area contributed by atoms with Crippen LogP contribution in [0.1, 0.15) is 21.5 Å². The smallest absolute Gasteiger partial charge is 0.336 e. The van der Waals surface area contributed by atoms with Crippen molar-refractivity contribution in [1.29, 1.82) is 0 Å². The topological polar surface area (TPSA) is 95.4 Å². The Balaban J connectivity index is 1.30. The summed E-state index contributed by atoms with van der Waals surface area (Å²) in [5.41, 5.74) is 5.08. The van der Waals surface area contributed by atoms with Crippen LogP contribution >= 0.6 is 0 Å². The number of sulfone groups is 1. The minimum atomic E-state index is -2.89. The molecule has 0 unspecified atom stereocenters. The van der Waals surface area contributed by atoms with Gasteiger partial charge in [-0.05, 0) is 58.8 Å². The zero-order valence-electron chi connectivity index (χ0n) is 21.2. The van der Waals surface area contributed by atoms with E-state index in [-0.39, 0.29) is 17.1 Å². The van der Waals surface area contributed by atoms with Gasteiger partial charge in [0.25, 0.3) is 0 Å². The van der Waals surface area contributed by atoms with Crippen LogP contribution in [0.25, 0.3) is 32.9 Å². The van der Waals surface area contributed by atoms with Crippen LogP contribution in [0.2, 0.25) is 0 Å². The summed E-state index contributed by atoms with van der Waals surface area (Å²) >= 11 is 0. The van der Waals surface area contributed by atoms with Crippen LogP contribution in [0.5, 0.6) is 0 Å². The molecule has 0 radical (unpaired) electrons. The number of hydrogen-bond donors (Lipinski definition) is 2. The lowest BCUT2D eigenvalue weighted by atomic mass is 9.93. The minimum Gasteiger partial charge on any atom is -0.478 e. The molecule has 196 valence electrons. The molecule has 0 bridgehead atoms. The summed E-state index contributed by atoms with van der Waals surface area (Å²) in [6.45, 7) is 2.69. The summed E-state index contributed by atoms with van der Waals surface area (Å²) in [7, 11) is -2.89. The molecule has 6 rings (SSSR count). The Morgan fingerprint density at radius 3 is 2.56 bits per heavy atom. The standard InChI is InChI=1S/C31H27N3O4S/c35-31(36)27-3-1-2-25(30(27)26-9-8-23-10-12-32-28(23)21-26)7-5-22-4-6-24-11-13-34(29(24)20-22)15-14-33-16-18-39(37,38)19-17-33/h1-4,6,8-13,20-21,32H,14-19H2,(H,35,36). The first-order valence-electron chi connectivity index (χ1n) is 12.8. The highest BCUT2D eigenvalue weighted by molar-refractivity contribution is 7.91. The van der Waals surface area contributed by atoms with Gasteiger partial charge in [0.2, 0.25) is 0 Å². The zero-order chi connectivity index (χ0) is 27.0. The number of fused-ring (bicyclic) bond motifs is 2. The number of H-pyrrole nitrogens is 1. The van der Waals surface area contributed by atoms with Crippen molar-refractivity contribution < 1.29 is 18.3 Å². The van der Waals surface area contributed by atoms with Crippen molar-refractivity contribution in [3.63, 3.8) is 0 Å². The van der Waals surface area contributed by atoms with Gasteiger partial charge in [-0.25, -0.2) is 13.2 Å². The number of aromatic carboxylic acids is 1. The molecule has 3 heterocycles. The molecule has 5 aromatic rings. The number of rotatable bonds is 5. The van der Waals surface area contributed by atoms with Crippen LogP contribution in [-0.2, 0) is 16.4 Å². The van der Waals surface area contributed by atoms with Crippen molar-refractivity contribution in [2.75, 3.05) is 31.1 Å². The fourth-order valence-corrected chi connectivity index (χ4v) is 6.45. The molecular formula is C31H27N3O4S. The highest BCUT2D eigenvalue weighted by Gasteiger charge is 2.21. The molecule has 0 amide bonds. The molecule has 39 heavy (non-hydrogen) atoms. The van der Waals surface area contributed by atoms with Gasteiger partial charge in [-0.1, -0.05) is 36.1 Å². The lowest BCUT2D eigenvalue weighted by Crippen LogP contribution is -2.41. The van der Waals surface area contributed by atoms with E-state index >= 15 is 0 Å². The molecule has 3 aromatic carbocycles. The molecule has 1 saturated heterocycles. The van der Waals surface area contributed by atoms with Crippen LogP contribution in [-0.4, -0.2) is 65.1 Å². The highest BCUT2D eigenvalue weighted by atomic mass is 32.2. The van der Waals surface area contributed by atoms with E-state index in [0.717, 1.165) is 46.0 Å². The van der Waals surface area contributed by atoms with Gasteiger partial charge in [-0.2, -0.15) is 0 Å². The van der Waals surface area contributed by atoms with Crippen molar-refractivity contribution in [3.8, 4) is 23.0 Å². The van der Waals surface area contributed by atoms with Gasteiger partial charge in [-0.3, -0.25) is 4.90 Å². The number of hydrogen-bond acceptors (Lipinski definition) is 4. The van der Waals surface area contributed by atoms with Gasteiger partial charge in [0.05, 0.1) is 17.1 Å². The van der Waals surface area contributed by atoms with Gasteiger partial charge >= 0.3 is 5.97 Å². The van der Waals surface area contributed by atoms with E-state index in [1.807, 2.05) is 54.9 Å². The Kier molecular flexibility index (Phi) is 6.47.